The molecule has 3 rings (SSSR count). The van der Waals surface area contributed by atoms with Crippen molar-refractivity contribution in [3.63, 3.8) is 0 Å². The van der Waals surface area contributed by atoms with Crippen molar-refractivity contribution in [1.82, 2.24) is 9.97 Å². The van der Waals surface area contributed by atoms with Crippen LogP contribution in [0.5, 0.6) is 5.75 Å². The minimum Gasteiger partial charge on any atom is -0.507 e. The van der Waals surface area contributed by atoms with Gasteiger partial charge in [0.15, 0.2) is 5.82 Å². The molecule has 1 heterocycles. The van der Waals surface area contributed by atoms with Crippen molar-refractivity contribution >= 4 is 16.7 Å². The Morgan fingerprint density at radius 2 is 1.92 bits per heavy atom. The fraction of sp³-hybridized carbons (Fsp3) is 0.300. The first-order chi connectivity index (χ1) is 12.4. The van der Waals surface area contributed by atoms with Gasteiger partial charge in [-0.3, -0.25) is 0 Å². The average molecular weight is 354 g/mol. The number of nitrogens with two attached hydrogens (primary N) is 1. The lowest BCUT2D eigenvalue weighted by molar-refractivity contribution is 0.475. The summed E-state index contributed by atoms with van der Waals surface area (Å²) in [7, 11) is 0. The van der Waals surface area contributed by atoms with Crippen molar-refractivity contribution in [2.45, 2.75) is 26.3 Å². The summed E-state index contributed by atoms with van der Waals surface area (Å²) in [5.41, 5.74) is 7.13. The Hall–Kier alpha value is -2.73. The third kappa shape index (κ3) is 4.08. The van der Waals surface area contributed by atoms with Crippen LogP contribution in [0.2, 0.25) is 0 Å². The lowest BCUT2D eigenvalue weighted by atomic mass is 10.0. The van der Waals surface area contributed by atoms with Gasteiger partial charge >= 0.3 is 0 Å². The number of halogens is 1. The number of phenols is 1. The molecule has 0 saturated heterocycles. The van der Waals surface area contributed by atoms with Gasteiger partial charge in [0, 0.05) is 18.0 Å². The molecule has 0 bridgehead atoms. The number of phenolic OH excluding ortho intramolecular Hbond substituents is 1. The number of rotatable bonds is 6. The lowest BCUT2D eigenvalue weighted by Crippen LogP contribution is -2.30. The molecule has 0 aliphatic rings. The summed E-state index contributed by atoms with van der Waals surface area (Å²) in [6.07, 6.45) is 0.896. The number of fused-ring (bicyclic) bond motifs is 1. The third-order valence-corrected chi connectivity index (χ3v) is 4.11. The van der Waals surface area contributed by atoms with Crippen molar-refractivity contribution in [2.24, 2.45) is 11.7 Å². The summed E-state index contributed by atoms with van der Waals surface area (Å²) in [5, 5.41) is 14.2. The predicted molar refractivity (Wildman–Crippen MR) is 103 cm³/mol. The second-order valence-electron chi connectivity index (χ2n) is 6.84. The maximum absolute atomic E-state index is 13.6. The highest BCUT2D eigenvalue weighted by Crippen LogP contribution is 2.30. The largest absolute Gasteiger partial charge is 0.507 e. The number of hydrogen-bond acceptors (Lipinski definition) is 5. The molecule has 136 valence electrons. The lowest BCUT2D eigenvalue weighted by Gasteiger charge is -2.17. The second kappa shape index (κ2) is 7.66. The zero-order valence-electron chi connectivity index (χ0n) is 14.9. The van der Waals surface area contributed by atoms with E-state index < -0.39 is 5.82 Å². The topological polar surface area (TPSA) is 84.1 Å². The quantitative estimate of drug-likeness (QED) is 0.625. The first kappa shape index (κ1) is 18.1. The summed E-state index contributed by atoms with van der Waals surface area (Å²) < 4.78 is 13.6. The molecule has 0 aliphatic heterocycles. The van der Waals surface area contributed by atoms with Gasteiger partial charge < -0.3 is 16.2 Å². The van der Waals surface area contributed by atoms with Crippen LogP contribution in [0.3, 0.4) is 0 Å². The fourth-order valence-electron chi connectivity index (χ4n) is 2.94. The minimum atomic E-state index is -0.456. The van der Waals surface area contributed by atoms with Gasteiger partial charge in [0.1, 0.15) is 17.4 Å². The Labute approximate surface area is 152 Å². The molecule has 6 heteroatoms. The van der Waals surface area contributed by atoms with Crippen molar-refractivity contribution in [1.29, 1.82) is 0 Å². The first-order valence-corrected chi connectivity index (χ1v) is 8.69. The highest BCUT2D eigenvalue weighted by atomic mass is 19.1. The number of hydrogen-bond donors (Lipinski definition) is 3. The Balaban J connectivity index is 2.00. The number of benzene rings is 2. The molecule has 0 radical (unpaired) electrons. The molecule has 0 fully saturated rings. The van der Waals surface area contributed by atoms with Crippen molar-refractivity contribution in [3.05, 3.63) is 48.3 Å². The highest BCUT2D eigenvalue weighted by Gasteiger charge is 2.14. The maximum Gasteiger partial charge on any atom is 0.165 e. The van der Waals surface area contributed by atoms with Crippen LogP contribution in [-0.2, 0) is 0 Å². The van der Waals surface area contributed by atoms with E-state index in [1.54, 1.807) is 0 Å². The minimum absolute atomic E-state index is 0.00486. The maximum atomic E-state index is 13.6. The first-order valence-electron chi connectivity index (χ1n) is 8.69. The molecular weight excluding hydrogens is 331 g/mol. The van der Waals surface area contributed by atoms with Crippen LogP contribution in [0, 0.1) is 11.7 Å². The van der Waals surface area contributed by atoms with Crippen molar-refractivity contribution in [3.8, 4) is 17.1 Å². The number of anilines is 1. The zero-order chi connectivity index (χ0) is 18.7. The van der Waals surface area contributed by atoms with Crippen molar-refractivity contribution in [2.75, 3.05) is 11.9 Å². The van der Waals surface area contributed by atoms with Crippen LogP contribution < -0.4 is 11.1 Å². The smallest absolute Gasteiger partial charge is 0.165 e. The SMILES string of the molecule is CC(C)C[C@H](N)CNc1nc(-c2cc(F)ccc2O)nc2ccccc12. The molecule has 0 unspecified atom stereocenters. The monoisotopic (exact) mass is 354 g/mol. The fourth-order valence-corrected chi connectivity index (χ4v) is 2.94. The summed E-state index contributed by atoms with van der Waals surface area (Å²) in [4.78, 5) is 8.99. The molecule has 1 atom stereocenters. The molecule has 5 nitrogen and oxygen atoms in total. The Morgan fingerprint density at radius 1 is 1.15 bits per heavy atom. The number of nitrogens with zero attached hydrogens (tertiary/aromatic N) is 2. The summed E-state index contributed by atoms with van der Waals surface area (Å²) >= 11 is 0. The standard InChI is InChI=1S/C20H23FN4O/c1-12(2)9-14(22)11-23-19-15-5-3-4-6-17(15)24-20(25-19)16-10-13(21)7-8-18(16)26/h3-8,10,12,14,26H,9,11,22H2,1-2H3,(H,23,24,25)/t14-/m0/s1. The van der Waals surface area contributed by atoms with E-state index in [0.29, 0.717) is 23.8 Å². The van der Waals surface area contributed by atoms with E-state index in [-0.39, 0.29) is 23.2 Å². The Morgan fingerprint density at radius 3 is 2.69 bits per heavy atom. The van der Waals surface area contributed by atoms with Gasteiger partial charge in [0.25, 0.3) is 0 Å². The Bertz CT molecular complexity index is 913. The van der Waals surface area contributed by atoms with Gasteiger partial charge in [-0.05, 0) is 42.7 Å². The van der Waals surface area contributed by atoms with E-state index in [1.807, 2.05) is 24.3 Å². The van der Waals surface area contributed by atoms with E-state index in [0.717, 1.165) is 11.8 Å². The molecule has 26 heavy (non-hydrogen) atoms. The average Bonchev–Trinajstić information content (AvgIpc) is 2.61. The molecule has 0 aliphatic carbocycles. The number of aromatic nitrogens is 2. The van der Waals surface area contributed by atoms with Gasteiger partial charge in [-0.25, -0.2) is 14.4 Å². The van der Waals surface area contributed by atoms with E-state index in [4.69, 9.17) is 5.73 Å². The summed E-state index contributed by atoms with van der Waals surface area (Å²) in [5.74, 6) is 0.870. The number of nitrogens with one attached hydrogen (secondary N) is 1. The molecule has 3 aromatic rings. The van der Waals surface area contributed by atoms with Gasteiger partial charge in [-0.15, -0.1) is 0 Å². The molecule has 4 N–H and O–H groups in total. The van der Waals surface area contributed by atoms with E-state index in [2.05, 4.69) is 29.1 Å². The normalized spacial score (nSPS) is 12.5. The van der Waals surface area contributed by atoms with Gasteiger partial charge in [-0.2, -0.15) is 0 Å². The predicted octanol–water partition coefficient (Wildman–Crippen LogP) is 3.93. The summed E-state index contributed by atoms with van der Waals surface area (Å²) in [6.45, 7) is 4.82. The highest BCUT2D eigenvalue weighted by molar-refractivity contribution is 5.90. The van der Waals surface area contributed by atoms with Crippen LogP contribution in [0.15, 0.2) is 42.5 Å². The molecule has 0 amide bonds. The van der Waals surface area contributed by atoms with Crippen LogP contribution in [0.4, 0.5) is 10.2 Å². The summed E-state index contributed by atoms with van der Waals surface area (Å²) in [6, 6.07) is 11.3. The van der Waals surface area contributed by atoms with E-state index >= 15 is 0 Å². The molecule has 1 aromatic heterocycles. The number of para-hydroxylation sites is 1. The van der Waals surface area contributed by atoms with E-state index in [9.17, 15) is 9.50 Å². The second-order valence-corrected chi connectivity index (χ2v) is 6.84. The Kier molecular flexibility index (Phi) is 5.32. The molecule has 2 aromatic carbocycles. The zero-order valence-corrected chi connectivity index (χ0v) is 14.9. The van der Waals surface area contributed by atoms with Gasteiger partial charge in [0.05, 0.1) is 11.1 Å². The van der Waals surface area contributed by atoms with Gasteiger partial charge in [0.2, 0.25) is 0 Å². The molecule has 0 saturated carbocycles. The molecule has 0 spiro atoms. The van der Waals surface area contributed by atoms with Crippen LogP contribution in [-0.4, -0.2) is 27.7 Å². The third-order valence-electron chi connectivity index (χ3n) is 4.11. The van der Waals surface area contributed by atoms with Gasteiger partial charge in [-0.1, -0.05) is 26.0 Å². The van der Waals surface area contributed by atoms with Crippen LogP contribution >= 0.6 is 0 Å². The molecular formula is C20H23FN4O. The van der Waals surface area contributed by atoms with Crippen LogP contribution in [0.1, 0.15) is 20.3 Å². The number of aromatic hydroxyl groups is 1. The van der Waals surface area contributed by atoms with Crippen molar-refractivity contribution < 1.29 is 9.50 Å². The van der Waals surface area contributed by atoms with Crippen LogP contribution in [0.25, 0.3) is 22.3 Å². The van der Waals surface area contributed by atoms with E-state index in [1.165, 1.54) is 18.2 Å².